The van der Waals surface area contributed by atoms with Crippen LogP contribution in [0.3, 0.4) is 0 Å². The van der Waals surface area contributed by atoms with Crippen molar-refractivity contribution in [2.24, 2.45) is 0 Å². The zero-order valence-corrected chi connectivity index (χ0v) is 17.7. The average Bonchev–Trinajstić information content (AvgIpc) is 3.37. The predicted octanol–water partition coefficient (Wildman–Crippen LogP) is 3.96. The molecule has 1 amide bonds. The van der Waals surface area contributed by atoms with Gasteiger partial charge in [0.25, 0.3) is 0 Å². The number of carbonyl (C=O) groups excluding carboxylic acids is 1. The quantitative estimate of drug-likeness (QED) is 0.599. The second-order valence-corrected chi connectivity index (χ2v) is 8.95. The molecule has 0 atom stereocenters. The summed E-state index contributed by atoms with van der Waals surface area (Å²) >= 11 is 9.56. The van der Waals surface area contributed by atoms with Crippen molar-refractivity contribution in [2.45, 2.75) is 0 Å². The van der Waals surface area contributed by atoms with Crippen molar-refractivity contribution in [1.82, 2.24) is 15.2 Å². The second-order valence-electron chi connectivity index (χ2n) is 6.55. The molecule has 0 radical (unpaired) electrons. The Morgan fingerprint density at radius 2 is 2.07 bits per heavy atom. The van der Waals surface area contributed by atoms with E-state index in [2.05, 4.69) is 21.2 Å². The van der Waals surface area contributed by atoms with E-state index in [0.29, 0.717) is 11.6 Å². The number of rotatable bonds is 6. The van der Waals surface area contributed by atoms with Crippen molar-refractivity contribution < 1.29 is 4.79 Å². The first kappa shape index (κ1) is 19.4. The van der Waals surface area contributed by atoms with E-state index in [1.165, 1.54) is 0 Å². The number of nitrogens with zero attached hydrogens (tertiary/aromatic N) is 3. The summed E-state index contributed by atoms with van der Waals surface area (Å²) in [5.41, 5.74) is 0.893. The van der Waals surface area contributed by atoms with Crippen LogP contribution in [-0.2, 0) is 4.79 Å². The standard InChI is InChI=1S/C20H21ClN4OS2/c21-16-4-1-5-17-19(16)23-20(28-17)25-12-10-24(11-13-25)9-8-22-18(26)7-6-15-3-2-14-27-15/h1-7,14H,8-13H2,(H,22,26)/b7-6+. The zero-order chi connectivity index (χ0) is 19.3. The Kier molecular flexibility index (Phi) is 6.26. The first-order valence-electron chi connectivity index (χ1n) is 9.21. The van der Waals surface area contributed by atoms with Crippen LogP contribution in [0.25, 0.3) is 16.3 Å². The molecule has 28 heavy (non-hydrogen) atoms. The normalized spacial score (nSPS) is 15.5. The Hall–Kier alpha value is -1.93. The number of aromatic nitrogens is 1. The number of piperazine rings is 1. The maximum atomic E-state index is 11.9. The molecule has 1 aliphatic heterocycles. The molecular weight excluding hydrogens is 412 g/mol. The molecule has 1 saturated heterocycles. The van der Waals surface area contributed by atoms with E-state index < -0.39 is 0 Å². The number of amides is 1. The van der Waals surface area contributed by atoms with E-state index in [9.17, 15) is 4.79 Å². The topological polar surface area (TPSA) is 48.5 Å². The molecule has 1 aliphatic rings. The highest BCUT2D eigenvalue weighted by atomic mass is 35.5. The molecule has 4 rings (SSSR count). The molecule has 3 aromatic rings. The van der Waals surface area contributed by atoms with Crippen LogP contribution in [0.2, 0.25) is 5.02 Å². The second kappa shape index (κ2) is 9.05. The molecule has 0 bridgehead atoms. The molecule has 1 aromatic carbocycles. The summed E-state index contributed by atoms with van der Waals surface area (Å²) in [6.45, 7) is 5.31. The van der Waals surface area contributed by atoms with E-state index in [-0.39, 0.29) is 5.91 Å². The van der Waals surface area contributed by atoms with E-state index in [1.54, 1.807) is 28.7 Å². The Labute approximate surface area is 177 Å². The molecule has 146 valence electrons. The number of carbonyl (C=O) groups is 1. The summed E-state index contributed by atoms with van der Waals surface area (Å²) < 4.78 is 1.13. The van der Waals surface area contributed by atoms with E-state index in [4.69, 9.17) is 16.6 Å². The number of nitrogens with one attached hydrogen (secondary N) is 1. The lowest BCUT2D eigenvalue weighted by atomic mass is 10.3. The summed E-state index contributed by atoms with van der Waals surface area (Å²) in [5.74, 6) is -0.0432. The smallest absolute Gasteiger partial charge is 0.244 e. The number of thiophene rings is 1. The van der Waals surface area contributed by atoms with E-state index in [1.807, 2.05) is 35.7 Å². The lowest BCUT2D eigenvalue weighted by molar-refractivity contribution is -0.116. The van der Waals surface area contributed by atoms with Gasteiger partial charge in [-0.2, -0.15) is 0 Å². The molecular formula is C20H21ClN4OS2. The summed E-state index contributed by atoms with van der Waals surface area (Å²) in [6.07, 6.45) is 3.45. The zero-order valence-electron chi connectivity index (χ0n) is 15.3. The molecule has 8 heteroatoms. The maximum Gasteiger partial charge on any atom is 0.244 e. The molecule has 2 aromatic heterocycles. The van der Waals surface area contributed by atoms with Crippen LogP contribution >= 0.6 is 34.3 Å². The van der Waals surface area contributed by atoms with Crippen LogP contribution in [0.5, 0.6) is 0 Å². The van der Waals surface area contributed by atoms with Crippen LogP contribution in [0.4, 0.5) is 5.13 Å². The number of para-hydroxylation sites is 1. The van der Waals surface area contributed by atoms with Gasteiger partial charge in [0, 0.05) is 50.2 Å². The Bertz CT molecular complexity index is 962. The van der Waals surface area contributed by atoms with Gasteiger partial charge in [-0.15, -0.1) is 11.3 Å². The number of hydrogen-bond acceptors (Lipinski definition) is 6. The summed E-state index contributed by atoms with van der Waals surface area (Å²) in [4.78, 5) is 22.4. The summed E-state index contributed by atoms with van der Waals surface area (Å²) in [5, 5.41) is 6.71. The Morgan fingerprint density at radius 1 is 1.21 bits per heavy atom. The third kappa shape index (κ3) is 4.72. The van der Waals surface area contributed by atoms with Gasteiger partial charge in [-0.3, -0.25) is 9.69 Å². The van der Waals surface area contributed by atoms with Crippen molar-refractivity contribution in [2.75, 3.05) is 44.2 Å². The van der Waals surface area contributed by atoms with Crippen LogP contribution in [0, 0.1) is 0 Å². The largest absolute Gasteiger partial charge is 0.351 e. The highest BCUT2D eigenvalue weighted by Crippen LogP contribution is 2.33. The molecule has 1 N–H and O–H groups in total. The van der Waals surface area contributed by atoms with Crippen molar-refractivity contribution in [1.29, 1.82) is 0 Å². The summed E-state index contributed by atoms with van der Waals surface area (Å²) in [6, 6.07) is 9.88. The van der Waals surface area contributed by atoms with E-state index in [0.717, 1.165) is 52.9 Å². The monoisotopic (exact) mass is 432 g/mol. The first-order valence-corrected chi connectivity index (χ1v) is 11.3. The minimum Gasteiger partial charge on any atom is -0.351 e. The van der Waals surface area contributed by atoms with Gasteiger partial charge in [0.15, 0.2) is 5.13 Å². The number of halogens is 1. The van der Waals surface area contributed by atoms with Gasteiger partial charge in [-0.1, -0.05) is 35.1 Å². The number of benzene rings is 1. The van der Waals surface area contributed by atoms with Crippen molar-refractivity contribution in [3.63, 3.8) is 0 Å². The number of thiazole rings is 1. The fourth-order valence-corrected chi connectivity index (χ4v) is 5.08. The van der Waals surface area contributed by atoms with Crippen LogP contribution in [-0.4, -0.2) is 55.1 Å². The predicted molar refractivity (Wildman–Crippen MR) is 120 cm³/mol. The highest BCUT2D eigenvalue weighted by Gasteiger charge is 2.20. The fraction of sp³-hybridized carbons (Fsp3) is 0.300. The molecule has 0 spiro atoms. The third-order valence-corrected chi connectivity index (χ3v) is 6.89. The maximum absolute atomic E-state index is 11.9. The highest BCUT2D eigenvalue weighted by molar-refractivity contribution is 7.22. The fourth-order valence-electron chi connectivity index (χ4n) is 3.14. The van der Waals surface area contributed by atoms with Gasteiger partial charge in [0.05, 0.1) is 9.72 Å². The van der Waals surface area contributed by atoms with Gasteiger partial charge in [-0.25, -0.2) is 4.98 Å². The molecule has 5 nitrogen and oxygen atoms in total. The minimum absolute atomic E-state index is 0.0432. The number of fused-ring (bicyclic) bond motifs is 1. The van der Waals surface area contributed by atoms with Gasteiger partial charge in [0.1, 0.15) is 5.52 Å². The third-order valence-electron chi connectivity index (χ3n) is 4.67. The summed E-state index contributed by atoms with van der Waals surface area (Å²) in [7, 11) is 0. The van der Waals surface area contributed by atoms with Gasteiger partial charge in [-0.05, 0) is 29.7 Å². The van der Waals surface area contributed by atoms with Crippen LogP contribution in [0.1, 0.15) is 4.88 Å². The van der Waals surface area contributed by atoms with Gasteiger partial charge >= 0.3 is 0 Å². The lowest BCUT2D eigenvalue weighted by Crippen LogP contribution is -2.48. The molecule has 3 heterocycles. The Balaban J connectivity index is 1.22. The van der Waals surface area contributed by atoms with Gasteiger partial charge < -0.3 is 10.2 Å². The van der Waals surface area contributed by atoms with Crippen molar-refractivity contribution in [3.8, 4) is 0 Å². The first-order chi connectivity index (χ1) is 13.7. The lowest BCUT2D eigenvalue weighted by Gasteiger charge is -2.34. The molecule has 0 unspecified atom stereocenters. The minimum atomic E-state index is -0.0432. The SMILES string of the molecule is O=C(/C=C/c1cccs1)NCCN1CCN(c2nc3c(Cl)cccc3s2)CC1. The Morgan fingerprint density at radius 3 is 2.82 bits per heavy atom. The van der Waals surface area contributed by atoms with Crippen LogP contribution < -0.4 is 10.2 Å². The van der Waals surface area contributed by atoms with Crippen molar-refractivity contribution >= 4 is 61.6 Å². The number of hydrogen-bond donors (Lipinski definition) is 1. The molecule has 0 aliphatic carbocycles. The van der Waals surface area contributed by atoms with Gasteiger partial charge in [0.2, 0.25) is 5.91 Å². The van der Waals surface area contributed by atoms with Crippen LogP contribution in [0.15, 0.2) is 41.8 Å². The average molecular weight is 433 g/mol. The van der Waals surface area contributed by atoms with E-state index >= 15 is 0 Å². The molecule has 1 fully saturated rings. The number of anilines is 1. The van der Waals surface area contributed by atoms with Crippen molar-refractivity contribution in [3.05, 3.63) is 51.7 Å². The molecule has 0 saturated carbocycles.